The molecule has 0 aliphatic rings. The van der Waals surface area contributed by atoms with Gasteiger partial charge in [-0.2, -0.15) is 0 Å². The number of carbonyl (C=O) groups is 1. The Morgan fingerprint density at radius 3 is 2.48 bits per heavy atom. The zero-order chi connectivity index (χ0) is 17.6. The molecule has 0 unspecified atom stereocenters. The van der Waals surface area contributed by atoms with E-state index in [1.54, 1.807) is 25.1 Å². The van der Waals surface area contributed by atoms with Crippen LogP contribution in [0.4, 0.5) is 4.39 Å². The summed E-state index contributed by atoms with van der Waals surface area (Å²) in [4.78, 5) is 13.1. The molecule has 3 aromatic rings. The quantitative estimate of drug-likeness (QED) is 0.626. The Labute approximate surface area is 149 Å². The van der Waals surface area contributed by atoms with E-state index >= 15 is 0 Å². The Hall–Kier alpha value is -2.73. The fourth-order valence-electron chi connectivity index (χ4n) is 2.18. The van der Waals surface area contributed by atoms with Gasteiger partial charge in [-0.3, -0.25) is 0 Å². The van der Waals surface area contributed by atoms with Crippen LogP contribution in [0.3, 0.4) is 0 Å². The van der Waals surface area contributed by atoms with E-state index in [2.05, 4.69) is 10.2 Å². The number of rotatable bonds is 5. The van der Waals surface area contributed by atoms with Crippen molar-refractivity contribution in [1.82, 2.24) is 10.2 Å². The number of benzene rings is 2. The number of nitrogens with zero attached hydrogens (tertiary/aromatic N) is 2. The minimum atomic E-state index is -0.459. The topological polar surface area (TPSA) is 52.1 Å². The molecule has 0 N–H and O–H groups in total. The molecule has 0 amide bonds. The fourth-order valence-corrected chi connectivity index (χ4v) is 3.00. The van der Waals surface area contributed by atoms with Gasteiger partial charge in [0.1, 0.15) is 10.8 Å². The van der Waals surface area contributed by atoms with E-state index in [1.807, 2.05) is 30.3 Å². The van der Waals surface area contributed by atoms with Gasteiger partial charge in [0.25, 0.3) is 0 Å². The van der Waals surface area contributed by atoms with E-state index in [-0.39, 0.29) is 12.4 Å². The van der Waals surface area contributed by atoms with Gasteiger partial charge < -0.3 is 4.74 Å². The van der Waals surface area contributed by atoms with Gasteiger partial charge in [-0.1, -0.05) is 42.1 Å². The standard InChI is InChI=1S/C19H15FN2O2S/c1-2-24-19(23)16-12-17(13-6-4-3-5-7-13)21-22-18(16)25-15-10-8-14(20)9-11-15/h3-12H,2H2,1H3. The van der Waals surface area contributed by atoms with E-state index in [1.165, 1.54) is 23.9 Å². The minimum Gasteiger partial charge on any atom is -0.462 e. The number of halogens is 1. The van der Waals surface area contributed by atoms with Crippen LogP contribution < -0.4 is 0 Å². The molecular weight excluding hydrogens is 339 g/mol. The summed E-state index contributed by atoms with van der Waals surface area (Å²) in [6.07, 6.45) is 0. The second-order valence-corrected chi connectivity index (χ2v) is 6.15. The van der Waals surface area contributed by atoms with E-state index < -0.39 is 5.97 Å². The summed E-state index contributed by atoms with van der Waals surface area (Å²) in [6.45, 7) is 2.01. The van der Waals surface area contributed by atoms with E-state index in [0.29, 0.717) is 16.3 Å². The molecule has 6 heteroatoms. The summed E-state index contributed by atoms with van der Waals surface area (Å²) < 4.78 is 18.2. The molecule has 0 saturated carbocycles. The maximum atomic E-state index is 13.1. The predicted molar refractivity (Wildman–Crippen MR) is 93.9 cm³/mol. The van der Waals surface area contributed by atoms with Gasteiger partial charge in [-0.25, -0.2) is 9.18 Å². The lowest BCUT2D eigenvalue weighted by Crippen LogP contribution is -2.09. The lowest BCUT2D eigenvalue weighted by Gasteiger charge is -2.09. The molecule has 25 heavy (non-hydrogen) atoms. The average molecular weight is 354 g/mol. The minimum absolute atomic E-state index is 0.266. The van der Waals surface area contributed by atoms with E-state index in [0.717, 1.165) is 10.5 Å². The van der Waals surface area contributed by atoms with Crippen molar-refractivity contribution in [2.45, 2.75) is 16.8 Å². The van der Waals surface area contributed by atoms with Gasteiger partial charge in [0, 0.05) is 10.5 Å². The van der Waals surface area contributed by atoms with Crippen LogP contribution in [0.25, 0.3) is 11.3 Å². The van der Waals surface area contributed by atoms with Gasteiger partial charge in [0.15, 0.2) is 0 Å². The molecule has 0 bridgehead atoms. The van der Waals surface area contributed by atoms with Gasteiger partial charge in [-0.15, -0.1) is 10.2 Å². The molecule has 0 atom stereocenters. The van der Waals surface area contributed by atoms with Crippen molar-refractivity contribution in [3.05, 3.63) is 72.0 Å². The molecule has 0 spiro atoms. The summed E-state index contributed by atoms with van der Waals surface area (Å²) in [5.74, 6) is -0.778. The highest BCUT2D eigenvalue weighted by Crippen LogP contribution is 2.30. The van der Waals surface area contributed by atoms with Crippen LogP contribution in [-0.4, -0.2) is 22.8 Å². The van der Waals surface area contributed by atoms with Crippen molar-refractivity contribution in [2.75, 3.05) is 6.61 Å². The van der Waals surface area contributed by atoms with Crippen LogP contribution in [0.5, 0.6) is 0 Å². The third-order valence-corrected chi connectivity index (χ3v) is 4.36. The fraction of sp³-hybridized carbons (Fsp3) is 0.105. The first kappa shape index (κ1) is 17.1. The molecule has 126 valence electrons. The predicted octanol–water partition coefficient (Wildman–Crippen LogP) is 4.61. The zero-order valence-corrected chi connectivity index (χ0v) is 14.3. The smallest absolute Gasteiger partial charge is 0.341 e. The summed E-state index contributed by atoms with van der Waals surface area (Å²) in [7, 11) is 0. The molecular formula is C19H15FN2O2S. The first-order chi connectivity index (χ1) is 12.2. The Kier molecular flexibility index (Phi) is 5.40. The normalized spacial score (nSPS) is 10.5. The summed E-state index contributed by atoms with van der Waals surface area (Å²) >= 11 is 1.24. The second-order valence-electron chi connectivity index (χ2n) is 5.09. The van der Waals surface area contributed by atoms with Crippen LogP contribution in [0, 0.1) is 5.82 Å². The number of hydrogen-bond donors (Lipinski definition) is 0. The molecule has 0 saturated heterocycles. The van der Waals surface area contributed by atoms with Crippen molar-refractivity contribution in [3.63, 3.8) is 0 Å². The Morgan fingerprint density at radius 1 is 1.08 bits per heavy atom. The monoisotopic (exact) mass is 354 g/mol. The van der Waals surface area contributed by atoms with E-state index in [4.69, 9.17) is 4.74 Å². The van der Waals surface area contributed by atoms with Gasteiger partial charge in [0.05, 0.1) is 17.9 Å². The maximum Gasteiger partial charge on any atom is 0.341 e. The van der Waals surface area contributed by atoms with Crippen LogP contribution in [0.2, 0.25) is 0 Å². The summed E-state index contributed by atoms with van der Waals surface area (Å²) in [5.41, 5.74) is 1.79. The highest BCUT2D eigenvalue weighted by Gasteiger charge is 2.18. The van der Waals surface area contributed by atoms with Crippen LogP contribution >= 0.6 is 11.8 Å². The molecule has 3 rings (SSSR count). The van der Waals surface area contributed by atoms with Crippen molar-refractivity contribution < 1.29 is 13.9 Å². The van der Waals surface area contributed by atoms with E-state index in [9.17, 15) is 9.18 Å². The molecule has 0 radical (unpaired) electrons. The SMILES string of the molecule is CCOC(=O)c1cc(-c2ccccc2)nnc1Sc1ccc(F)cc1. The van der Waals surface area contributed by atoms with Gasteiger partial charge >= 0.3 is 5.97 Å². The Morgan fingerprint density at radius 2 is 1.80 bits per heavy atom. The number of aromatic nitrogens is 2. The molecule has 0 fully saturated rings. The molecule has 4 nitrogen and oxygen atoms in total. The Bertz CT molecular complexity index is 870. The molecule has 1 heterocycles. The first-order valence-corrected chi connectivity index (χ1v) is 8.52. The Balaban J connectivity index is 1.99. The number of hydrogen-bond acceptors (Lipinski definition) is 5. The zero-order valence-electron chi connectivity index (χ0n) is 13.5. The molecule has 1 aromatic heterocycles. The largest absolute Gasteiger partial charge is 0.462 e. The molecule has 0 aliphatic carbocycles. The maximum absolute atomic E-state index is 13.1. The van der Waals surface area contributed by atoms with Crippen molar-refractivity contribution in [3.8, 4) is 11.3 Å². The first-order valence-electron chi connectivity index (χ1n) is 7.71. The molecule has 2 aromatic carbocycles. The molecule has 0 aliphatic heterocycles. The lowest BCUT2D eigenvalue weighted by atomic mass is 10.1. The lowest BCUT2D eigenvalue weighted by molar-refractivity contribution is 0.0521. The summed E-state index contributed by atoms with van der Waals surface area (Å²) in [6, 6.07) is 17.1. The number of ether oxygens (including phenoxy) is 1. The van der Waals surface area contributed by atoms with Gasteiger partial charge in [0.2, 0.25) is 0 Å². The average Bonchev–Trinajstić information content (AvgIpc) is 2.65. The van der Waals surface area contributed by atoms with Crippen molar-refractivity contribution in [2.24, 2.45) is 0 Å². The van der Waals surface area contributed by atoms with Crippen molar-refractivity contribution >= 4 is 17.7 Å². The number of esters is 1. The third-order valence-electron chi connectivity index (χ3n) is 3.35. The highest BCUT2D eigenvalue weighted by molar-refractivity contribution is 7.99. The van der Waals surface area contributed by atoms with Crippen LogP contribution in [-0.2, 0) is 4.74 Å². The van der Waals surface area contributed by atoms with Crippen molar-refractivity contribution in [1.29, 1.82) is 0 Å². The third kappa shape index (κ3) is 4.22. The summed E-state index contributed by atoms with van der Waals surface area (Å²) in [5, 5.41) is 8.83. The van der Waals surface area contributed by atoms with Gasteiger partial charge in [-0.05, 0) is 37.3 Å². The number of carbonyl (C=O) groups excluding carboxylic acids is 1. The van der Waals surface area contributed by atoms with Crippen LogP contribution in [0.15, 0.2) is 70.6 Å². The second kappa shape index (κ2) is 7.90. The highest BCUT2D eigenvalue weighted by atomic mass is 32.2. The van der Waals surface area contributed by atoms with Crippen LogP contribution in [0.1, 0.15) is 17.3 Å².